The van der Waals surface area contributed by atoms with E-state index in [1.54, 1.807) is 18.9 Å². The van der Waals surface area contributed by atoms with Gasteiger partial charge < -0.3 is 18.8 Å². The molecule has 0 saturated heterocycles. The maximum Gasteiger partial charge on any atom is 0.291 e. The number of hydrogen-bond acceptors (Lipinski definition) is 5. The second-order valence-electron chi connectivity index (χ2n) is 5.56. The highest BCUT2D eigenvalue weighted by molar-refractivity contribution is 5.92. The van der Waals surface area contributed by atoms with E-state index < -0.39 is 0 Å². The van der Waals surface area contributed by atoms with Crippen LogP contribution in [-0.2, 0) is 6.42 Å². The van der Waals surface area contributed by atoms with Gasteiger partial charge in [0.25, 0.3) is 5.91 Å². The molecule has 1 aromatic heterocycles. The highest BCUT2D eigenvalue weighted by Gasteiger charge is 2.26. The highest BCUT2D eigenvalue weighted by atomic mass is 16.6. The van der Waals surface area contributed by atoms with Crippen LogP contribution in [0.25, 0.3) is 0 Å². The molecule has 1 atom stereocenters. The number of carbonyl (C=O) groups is 1. The van der Waals surface area contributed by atoms with Crippen LogP contribution in [0.15, 0.2) is 28.7 Å². The van der Waals surface area contributed by atoms with Crippen LogP contribution in [-0.4, -0.2) is 42.1 Å². The zero-order valence-electron chi connectivity index (χ0n) is 13.5. The van der Waals surface area contributed by atoms with E-state index in [0.717, 1.165) is 5.75 Å². The fourth-order valence-electron chi connectivity index (χ4n) is 2.52. The second kappa shape index (κ2) is 6.32. The summed E-state index contributed by atoms with van der Waals surface area (Å²) in [5.74, 6) is 2.11. The van der Waals surface area contributed by atoms with Crippen LogP contribution in [0.3, 0.4) is 0 Å². The van der Waals surface area contributed by atoms with Crippen molar-refractivity contribution in [3.05, 3.63) is 41.6 Å². The van der Waals surface area contributed by atoms with Gasteiger partial charge in [0.05, 0.1) is 12.2 Å². The largest absolute Gasteiger partial charge is 0.486 e. The SMILES string of the molecule is CCc1nc(C)c(C(=O)N(C)CC2COc3ccccc3O2)o1. The number of amides is 1. The predicted molar refractivity (Wildman–Crippen MR) is 83.9 cm³/mol. The van der Waals surface area contributed by atoms with Gasteiger partial charge in [0.15, 0.2) is 23.5 Å². The summed E-state index contributed by atoms with van der Waals surface area (Å²) in [6, 6.07) is 7.52. The Bertz CT molecular complexity index is 710. The Morgan fingerprint density at radius 3 is 2.78 bits per heavy atom. The molecule has 0 fully saturated rings. The molecule has 0 N–H and O–H groups in total. The maximum atomic E-state index is 12.5. The molecule has 2 heterocycles. The number of carbonyl (C=O) groups excluding carboxylic acids is 1. The van der Waals surface area contributed by atoms with Crippen molar-refractivity contribution in [3.8, 4) is 11.5 Å². The van der Waals surface area contributed by atoms with Gasteiger partial charge in [0, 0.05) is 13.5 Å². The minimum atomic E-state index is -0.215. The summed E-state index contributed by atoms with van der Waals surface area (Å²) in [5, 5.41) is 0. The van der Waals surface area contributed by atoms with Crippen LogP contribution in [0.4, 0.5) is 0 Å². The molecule has 1 amide bonds. The minimum absolute atomic E-state index is 0.197. The molecule has 0 saturated carbocycles. The number of para-hydroxylation sites is 2. The van der Waals surface area contributed by atoms with E-state index >= 15 is 0 Å². The Morgan fingerprint density at radius 2 is 2.09 bits per heavy atom. The molecule has 0 radical (unpaired) electrons. The summed E-state index contributed by atoms with van der Waals surface area (Å²) < 4.78 is 17.1. The zero-order chi connectivity index (χ0) is 16.4. The molecule has 3 rings (SSSR count). The van der Waals surface area contributed by atoms with Gasteiger partial charge in [0.2, 0.25) is 5.76 Å². The fourth-order valence-corrected chi connectivity index (χ4v) is 2.52. The number of likely N-dealkylation sites (N-methyl/N-ethyl adjacent to an activating group) is 1. The molecule has 0 bridgehead atoms. The van der Waals surface area contributed by atoms with Gasteiger partial charge in [0.1, 0.15) is 6.61 Å². The summed E-state index contributed by atoms with van der Waals surface area (Å²) in [5.41, 5.74) is 0.616. The molecule has 0 aliphatic carbocycles. The first-order chi connectivity index (χ1) is 11.1. The third kappa shape index (κ3) is 3.16. The monoisotopic (exact) mass is 316 g/mol. The summed E-state index contributed by atoms with van der Waals surface area (Å²) in [4.78, 5) is 18.3. The topological polar surface area (TPSA) is 64.8 Å². The summed E-state index contributed by atoms with van der Waals surface area (Å²) >= 11 is 0. The standard InChI is InChI=1S/C17H20N2O4/c1-4-15-18-11(2)16(23-15)17(20)19(3)9-12-10-21-13-7-5-6-8-14(13)22-12/h5-8,12H,4,9-10H2,1-3H3. The maximum absolute atomic E-state index is 12.5. The van der Waals surface area contributed by atoms with Crippen molar-refractivity contribution >= 4 is 5.91 Å². The normalized spacial score (nSPS) is 16.2. The van der Waals surface area contributed by atoms with Crippen molar-refractivity contribution in [2.24, 2.45) is 0 Å². The van der Waals surface area contributed by atoms with E-state index in [4.69, 9.17) is 13.9 Å². The van der Waals surface area contributed by atoms with Crippen molar-refractivity contribution in [1.29, 1.82) is 0 Å². The van der Waals surface area contributed by atoms with Crippen molar-refractivity contribution < 1.29 is 18.7 Å². The zero-order valence-corrected chi connectivity index (χ0v) is 13.5. The Labute approximate surface area is 135 Å². The van der Waals surface area contributed by atoms with Gasteiger partial charge >= 0.3 is 0 Å². The number of aromatic nitrogens is 1. The molecule has 1 unspecified atom stereocenters. The van der Waals surface area contributed by atoms with Gasteiger partial charge in [-0.1, -0.05) is 19.1 Å². The highest BCUT2D eigenvalue weighted by Crippen LogP contribution is 2.31. The van der Waals surface area contributed by atoms with Gasteiger partial charge in [-0.3, -0.25) is 4.79 Å². The third-order valence-corrected chi connectivity index (χ3v) is 3.73. The molecule has 2 aromatic rings. The molecule has 23 heavy (non-hydrogen) atoms. The van der Waals surface area contributed by atoms with E-state index in [9.17, 15) is 4.79 Å². The number of rotatable bonds is 4. The molecule has 0 spiro atoms. The van der Waals surface area contributed by atoms with Crippen molar-refractivity contribution in [1.82, 2.24) is 9.88 Å². The first-order valence-corrected chi connectivity index (χ1v) is 7.68. The van der Waals surface area contributed by atoms with Crippen LogP contribution in [0.1, 0.15) is 29.1 Å². The molecule has 1 aliphatic rings. The van der Waals surface area contributed by atoms with Crippen LogP contribution >= 0.6 is 0 Å². The number of benzene rings is 1. The molecule has 122 valence electrons. The molecule has 1 aromatic carbocycles. The van der Waals surface area contributed by atoms with Gasteiger partial charge in [-0.25, -0.2) is 4.98 Å². The van der Waals surface area contributed by atoms with E-state index in [-0.39, 0.29) is 12.0 Å². The van der Waals surface area contributed by atoms with Crippen LogP contribution in [0.2, 0.25) is 0 Å². The Balaban J connectivity index is 1.66. The van der Waals surface area contributed by atoms with E-state index in [1.165, 1.54) is 0 Å². The fraction of sp³-hybridized carbons (Fsp3) is 0.412. The van der Waals surface area contributed by atoms with Crippen LogP contribution in [0, 0.1) is 6.92 Å². The molecular formula is C17H20N2O4. The van der Waals surface area contributed by atoms with Crippen LogP contribution in [0.5, 0.6) is 11.5 Å². The van der Waals surface area contributed by atoms with Crippen molar-refractivity contribution in [3.63, 3.8) is 0 Å². The number of hydrogen-bond donors (Lipinski definition) is 0. The lowest BCUT2D eigenvalue weighted by atomic mass is 10.2. The summed E-state index contributed by atoms with van der Waals surface area (Å²) in [6.45, 7) is 4.53. The Kier molecular flexibility index (Phi) is 4.23. The lowest BCUT2D eigenvalue weighted by molar-refractivity contribution is 0.0500. The Morgan fingerprint density at radius 1 is 1.35 bits per heavy atom. The average molecular weight is 316 g/mol. The van der Waals surface area contributed by atoms with Crippen LogP contribution < -0.4 is 9.47 Å². The van der Waals surface area contributed by atoms with Gasteiger partial charge in [-0.15, -0.1) is 0 Å². The van der Waals surface area contributed by atoms with E-state index in [1.807, 2.05) is 31.2 Å². The number of oxazole rings is 1. The van der Waals surface area contributed by atoms with E-state index in [2.05, 4.69) is 4.98 Å². The summed E-state index contributed by atoms with van der Waals surface area (Å²) in [7, 11) is 1.72. The molecule has 6 nitrogen and oxygen atoms in total. The minimum Gasteiger partial charge on any atom is -0.486 e. The second-order valence-corrected chi connectivity index (χ2v) is 5.56. The number of fused-ring (bicyclic) bond motifs is 1. The first-order valence-electron chi connectivity index (χ1n) is 7.68. The Hall–Kier alpha value is -2.50. The van der Waals surface area contributed by atoms with Crippen molar-refractivity contribution in [2.75, 3.05) is 20.2 Å². The van der Waals surface area contributed by atoms with Gasteiger partial charge in [-0.05, 0) is 19.1 Å². The molecule has 6 heteroatoms. The third-order valence-electron chi connectivity index (χ3n) is 3.73. The average Bonchev–Trinajstić information content (AvgIpc) is 2.95. The number of aryl methyl sites for hydroxylation is 2. The molecule has 1 aliphatic heterocycles. The predicted octanol–water partition coefficient (Wildman–Crippen LogP) is 2.46. The summed E-state index contributed by atoms with van der Waals surface area (Å²) in [6.07, 6.45) is 0.446. The number of ether oxygens (including phenoxy) is 2. The lowest BCUT2D eigenvalue weighted by Crippen LogP contribution is -2.41. The first kappa shape index (κ1) is 15.4. The number of nitrogens with zero attached hydrogens (tertiary/aromatic N) is 2. The quantitative estimate of drug-likeness (QED) is 0.867. The van der Waals surface area contributed by atoms with Crippen molar-refractivity contribution in [2.45, 2.75) is 26.4 Å². The van der Waals surface area contributed by atoms with E-state index in [0.29, 0.717) is 42.7 Å². The molecular weight excluding hydrogens is 296 g/mol. The smallest absolute Gasteiger partial charge is 0.291 e. The lowest BCUT2D eigenvalue weighted by Gasteiger charge is -2.29. The van der Waals surface area contributed by atoms with Gasteiger partial charge in [-0.2, -0.15) is 0 Å².